The molecule has 0 aromatic rings. The lowest BCUT2D eigenvalue weighted by Crippen LogP contribution is -2.47. The summed E-state index contributed by atoms with van der Waals surface area (Å²) in [5.74, 6) is 1.88. The molecule has 3 unspecified atom stereocenters. The van der Waals surface area contributed by atoms with Crippen molar-refractivity contribution in [2.24, 2.45) is 11.8 Å². The van der Waals surface area contributed by atoms with E-state index < -0.39 is 0 Å². The first-order chi connectivity index (χ1) is 10.3. The Kier molecular flexibility index (Phi) is 7.53. The molecule has 2 rings (SSSR count). The van der Waals surface area contributed by atoms with Crippen molar-refractivity contribution < 1.29 is 0 Å². The van der Waals surface area contributed by atoms with E-state index in [0.717, 1.165) is 30.5 Å². The summed E-state index contributed by atoms with van der Waals surface area (Å²) in [6, 6.07) is 1.67. The van der Waals surface area contributed by atoms with Crippen LogP contribution in [-0.2, 0) is 0 Å². The molecule has 2 aliphatic rings. The average Bonchev–Trinajstić information content (AvgIpc) is 3.01. The van der Waals surface area contributed by atoms with Crippen LogP contribution in [0.3, 0.4) is 0 Å². The van der Waals surface area contributed by atoms with Gasteiger partial charge in [-0.3, -0.25) is 0 Å². The van der Waals surface area contributed by atoms with E-state index in [4.69, 9.17) is 0 Å². The molecule has 0 saturated heterocycles. The summed E-state index contributed by atoms with van der Waals surface area (Å²) in [4.78, 5) is 2.82. The van der Waals surface area contributed by atoms with Gasteiger partial charge in [0.25, 0.3) is 0 Å². The molecule has 0 aromatic heterocycles. The second-order valence-corrected chi connectivity index (χ2v) is 7.42. The summed E-state index contributed by atoms with van der Waals surface area (Å²) in [5.41, 5.74) is 0. The molecule has 0 amide bonds. The number of nitrogens with one attached hydrogen (secondary N) is 1. The smallest absolute Gasteiger partial charge is 0.0108 e. The molecule has 2 saturated carbocycles. The second-order valence-electron chi connectivity index (χ2n) is 7.42. The zero-order valence-electron chi connectivity index (χ0n) is 14.7. The van der Waals surface area contributed by atoms with E-state index in [1.165, 1.54) is 70.9 Å². The van der Waals surface area contributed by atoms with Crippen LogP contribution in [0.1, 0.15) is 78.6 Å². The van der Waals surface area contributed by atoms with Crippen LogP contribution in [0, 0.1) is 11.8 Å². The monoisotopic (exact) mass is 294 g/mol. The largest absolute Gasteiger partial charge is 0.314 e. The molecule has 3 atom stereocenters. The predicted octanol–water partition coefficient (Wildman–Crippen LogP) is 4.45. The fourth-order valence-corrected chi connectivity index (χ4v) is 4.87. The van der Waals surface area contributed by atoms with Gasteiger partial charge in [0.15, 0.2) is 0 Å². The fraction of sp³-hybridized carbons (Fsp3) is 1.00. The SMILES string of the molecule is CCCC1CCC(NCC)C(CN(CC)C2CCCC2)C1. The van der Waals surface area contributed by atoms with E-state index >= 15 is 0 Å². The molecule has 2 nitrogen and oxygen atoms in total. The lowest BCUT2D eigenvalue weighted by atomic mass is 9.76. The highest BCUT2D eigenvalue weighted by molar-refractivity contribution is 4.88. The zero-order valence-corrected chi connectivity index (χ0v) is 14.7. The zero-order chi connectivity index (χ0) is 15.1. The summed E-state index contributed by atoms with van der Waals surface area (Å²) in [7, 11) is 0. The Balaban J connectivity index is 1.93. The third kappa shape index (κ3) is 4.96. The lowest BCUT2D eigenvalue weighted by Gasteiger charge is -2.40. The first-order valence-electron chi connectivity index (χ1n) is 9.75. The molecule has 0 bridgehead atoms. The van der Waals surface area contributed by atoms with Gasteiger partial charge < -0.3 is 10.2 Å². The summed E-state index contributed by atoms with van der Waals surface area (Å²) in [5, 5.41) is 3.79. The van der Waals surface area contributed by atoms with Crippen molar-refractivity contribution in [2.45, 2.75) is 90.6 Å². The Morgan fingerprint density at radius 3 is 2.38 bits per heavy atom. The number of hydrogen-bond donors (Lipinski definition) is 1. The quantitative estimate of drug-likeness (QED) is 0.711. The van der Waals surface area contributed by atoms with E-state index in [1.807, 2.05) is 0 Å². The highest BCUT2D eigenvalue weighted by atomic mass is 15.2. The van der Waals surface area contributed by atoms with Crippen LogP contribution in [0.4, 0.5) is 0 Å². The van der Waals surface area contributed by atoms with Crippen LogP contribution in [0.2, 0.25) is 0 Å². The van der Waals surface area contributed by atoms with Gasteiger partial charge in [0.2, 0.25) is 0 Å². The Morgan fingerprint density at radius 2 is 1.76 bits per heavy atom. The Labute approximate surface area is 133 Å². The van der Waals surface area contributed by atoms with Crippen LogP contribution in [0.15, 0.2) is 0 Å². The minimum Gasteiger partial charge on any atom is -0.314 e. The fourth-order valence-electron chi connectivity index (χ4n) is 4.87. The van der Waals surface area contributed by atoms with E-state index in [-0.39, 0.29) is 0 Å². The van der Waals surface area contributed by atoms with Crippen LogP contribution >= 0.6 is 0 Å². The van der Waals surface area contributed by atoms with E-state index in [0.29, 0.717) is 0 Å². The second kappa shape index (κ2) is 9.15. The van der Waals surface area contributed by atoms with Gasteiger partial charge in [0.05, 0.1) is 0 Å². The van der Waals surface area contributed by atoms with Crippen molar-refractivity contribution in [3.05, 3.63) is 0 Å². The summed E-state index contributed by atoms with van der Waals surface area (Å²) in [6.07, 6.45) is 13.0. The molecule has 0 heterocycles. The summed E-state index contributed by atoms with van der Waals surface area (Å²) < 4.78 is 0. The average molecular weight is 295 g/mol. The topological polar surface area (TPSA) is 15.3 Å². The summed E-state index contributed by atoms with van der Waals surface area (Å²) >= 11 is 0. The molecule has 0 radical (unpaired) electrons. The van der Waals surface area contributed by atoms with Crippen molar-refractivity contribution in [1.82, 2.24) is 10.2 Å². The minimum atomic E-state index is 0.776. The summed E-state index contributed by atoms with van der Waals surface area (Å²) in [6.45, 7) is 10.7. The van der Waals surface area contributed by atoms with Crippen molar-refractivity contribution >= 4 is 0 Å². The minimum absolute atomic E-state index is 0.776. The Hall–Kier alpha value is -0.0800. The van der Waals surface area contributed by atoms with Gasteiger partial charge in [-0.25, -0.2) is 0 Å². The maximum absolute atomic E-state index is 3.79. The van der Waals surface area contributed by atoms with Crippen LogP contribution in [-0.4, -0.2) is 36.6 Å². The van der Waals surface area contributed by atoms with Gasteiger partial charge in [-0.1, -0.05) is 46.5 Å². The van der Waals surface area contributed by atoms with Crippen molar-refractivity contribution in [2.75, 3.05) is 19.6 Å². The first-order valence-corrected chi connectivity index (χ1v) is 9.75. The van der Waals surface area contributed by atoms with Gasteiger partial charge in [0.1, 0.15) is 0 Å². The van der Waals surface area contributed by atoms with Crippen LogP contribution < -0.4 is 5.32 Å². The predicted molar refractivity (Wildman–Crippen MR) is 92.7 cm³/mol. The molecule has 0 aliphatic heterocycles. The highest BCUT2D eigenvalue weighted by Gasteiger charge is 2.32. The highest BCUT2D eigenvalue weighted by Crippen LogP contribution is 2.34. The molecule has 1 N–H and O–H groups in total. The third-order valence-corrected chi connectivity index (χ3v) is 5.97. The molecule has 2 fully saturated rings. The molecular weight excluding hydrogens is 256 g/mol. The molecule has 0 aromatic carbocycles. The molecule has 2 aliphatic carbocycles. The number of rotatable bonds is 8. The molecule has 124 valence electrons. The van der Waals surface area contributed by atoms with Crippen molar-refractivity contribution in [1.29, 1.82) is 0 Å². The number of nitrogens with zero attached hydrogens (tertiary/aromatic N) is 1. The molecule has 21 heavy (non-hydrogen) atoms. The van der Waals surface area contributed by atoms with Gasteiger partial charge in [-0.05, 0) is 57.0 Å². The van der Waals surface area contributed by atoms with E-state index in [2.05, 4.69) is 31.0 Å². The van der Waals surface area contributed by atoms with Crippen LogP contribution in [0.25, 0.3) is 0 Å². The maximum Gasteiger partial charge on any atom is 0.0108 e. The first kappa shape index (κ1) is 17.3. The van der Waals surface area contributed by atoms with E-state index in [9.17, 15) is 0 Å². The van der Waals surface area contributed by atoms with E-state index in [1.54, 1.807) is 0 Å². The molecule has 0 spiro atoms. The number of hydrogen-bond acceptors (Lipinski definition) is 2. The Morgan fingerprint density at radius 1 is 1.00 bits per heavy atom. The van der Waals surface area contributed by atoms with Gasteiger partial charge in [0, 0.05) is 18.6 Å². The normalized spacial score (nSPS) is 31.1. The van der Waals surface area contributed by atoms with Crippen LogP contribution in [0.5, 0.6) is 0 Å². The lowest BCUT2D eigenvalue weighted by molar-refractivity contribution is 0.113. The van der Waals surface area contributed by atoms with Crippen molar-refractivity contribution in [3.8, 4) is 0 Å². The van der Waals surface area contributed by atoms with Gasteiger partial charge in [-0.15, -0.1) is 0 Å². The maximum atomic E-state index is 3.79. The Bertz CT molecular complexity index is 273. The molecule has 2 heteroatoms. The third-order valence-electron chi connectivity index (χ3n) is 5.97. The molecular formula is C19H38N2. The van der Waals surface area contributed by atoms with Crippen molar-refractivity contribution in [3.63, 3.8) is 0 Å². The van der Waals surface area contributed by atoms with Gasteiger partial charge in [-0.2, -0.15) is 0 Å². The standard InChI is InChI=1S/C19H38N2/c1-4-9-16-12-13-19(20-5-2)17(14-16)15-21(6-3)18-10-7-8-11-18/h16-20H,4-15H2,1-3H3. The van der Waals surface area contributed by atoms with Gasteiger partial charge >= 0.3 is 0 Å².